The molecule has 1 fully saturated rings. The molecule has 0 amide bonds. The number of nitrogens with zero attached hydrogens (tertiary/aromatic N) is 2. The zero-order chi connectivity index (χ0) is 11.0. The van der Waals surface area contributed by atoms with Crippen LogP contribution in [0.1, 0.15) is 30.1 Å². The van der Waals surface area contributed by atoms with Crippen LogP contribution >= 0.6 is 0 Å². The van der Waals surface area contributed by atoms with Crippen molar-refractivity contribution >= 4 is 0 Å². The molecule has 3 rings (SSSR count). The fourth-order valence-electron chi connectivity index (χ4n) is 1.98. The summed E-state index contributed by atoms with van der Waals surface area (Å²) in [4.78, 5) is 4.39. The van der Waals surface area contributed by atoms with Crippen LogP contribution in [0.3, 0.4) is 0 Å². The molecule has 82 valence electrons. The Hall–Kier alpha value is -1.77. The van der Waals surface area contributed by atoms with Crippen LogP contribution < -0.4 is 0 Å². The van der Waals surface area contributed by atoms with Crippen molar-refractivity contribution < 1.29 is 5.11 Å². The first kappa shape index (κ1) is 9.46. The number of hydrogen-bond acceptors (Lipinski definition) is 2. The summed E-state index contributed by atoms with van der Waals surface area (Å²) in [5.41, 5.74) is 0.947. The molecule has 0 aliphatic heterocycles. The minimum atomic E-state index is 0.359. The van der Waals surface area contributed by atoms with Crippen LogP contribution in [-0.4, -0.2) is 14.7 Å². The van der Waals surface area contributed by atoms with Gasteiger partial charge in [-0.15, -0.1) is 0 Å². The Bertz CT molecular complexity index is 500. The number of benzene rings is 1. The molecule has 0 spiro atoms. The summed E-state index contributed by atoms with van der Waals surface area (Å²) < 4.78 is 2.13. The first-order chi connectivity index (χ1) is 7.84. The SMILES string of the molecule is Oc1ccccc1Cn1ccnc1C1CC1. The van der Waals surface area contributed by atoms with Gasteiger partial charge in [-0.25, -0.2) is 4.98 Å². The lowest BCUT2D eigenvalue weighted by atomic mass is 10.2. The maximum Gasteiger partial charge on any atom is 0.120 e. The van der Waals surface area contributed by atoms with Crippen molar-refractivity contribution in [1.29, 1.82) is 0 Å². The Balaban J connectivity index is 1.88. The van der Waals surface area contributed by atoms with Crippen LogP contribution in [-0.2, 0) is 6.54 Å². The van der Waals surface area contributed by atoms with Crippen molar-refractivity contribution in [1.82, 2.24) is 9.55 Å². The van der Waals surface area contributed by atoms with Crippen molar-refractivity contribution in [2.45, 2.75) is 25.3 Å². The van der Waals surface area contributed by atoms with Crippen LogP contribution in [0.4, 0.5) is 0 Å². The van der Waals surface area contributed by atoms with Gasteiger partial charge in [0.25, 0.3) is 0 Å². The number of rotatable bonds is 3. The average Bonchev–Trinajstić information content (AvgIpc) is 3.03. The smallest absolute Gasteiger partial charge is 0.120 e. The highest BCUT2D eigenvalue weighted by Crippen LogP contribution is 2.39. The largest absolute Gasteiger partial charge is 0.508 e. The van der Waals surface area contributed by atoms with Gasteiger partial charge in [0.15, 0.2) is 0 Å². The standard InChI is InChI=1S/C13H14N2O/c16-12-4-2-1-3-11(12)9-15-8-7-14-13(15)10-5-6-10/h1-4,7-8,10,16H,5-6,9H2. The summed E-state index contributed by atoms with van der Waals surface area (Å²) in [6, 6.07) is 7.46. The lowest BCUT2D eigenvalue weighted by Gasteiger charge is -2.08. The van der Waals surface area contributed by atoms with Crippen LogP contribution in [0.5, 0.6) is 5.75 Å². The summed E-state index contributed by atoms with van der Waals surface area (Å²) in [7, 11) is 0. The number of aromatic hydroxyl groups is 1. The molecule has 0 radical (unpaired) electrons. The lowest BCUT2D eigenvalue weighted by molar-refractivity contribution is 0.465. The van der Waals surface area contributed by atoms with Gasteiger partial charge in [0, 0.05) is 23.9 Å². The highest BCUT2D eigenvalue weighted by molar-refractivity contribution is 5.32. The molecular formula is C13H14N2O. The van der Waals surface area contributed by atoms with Gasteiger partial charge in [-0.2, -0.15) is 0 Å². The molecule has 1 aromatic carbocycles. The predicted octanol–water partition coefficient (Wildman–Crippen LogP) is 2.51. The highest BCUT2D eigenvalue weighted by atomic mass is 16.3. The Kier molecular flexibility index (Phi) is 2.17. The van der Waals surface area contributed by atoms with Gasteiger partial charge in [-0.3, -0.25) is 0 Å². The van der Waals surface area contributed by atoms with E-state index in [0.717, 1.165) is 11.4 Å². The normalized spacial score (nSPS) is 15.2. The third kappa shape index (κ3) is 1.69. The minimum absolute atomic E-state index is 0.359. The second-order valence-corrected chi connectivity index (χ2v) is 4.32. The molecular weight excluding hydrogens is 200 g/mol. The molecule has 0 unspecified atom stereocenters. The maximum absolute atomic E-state index is 9.72. The van der Waals surface area contributed by atoms with E-state index in [0.29, 0.717) is 18.2 Å². The molecule has 1 aliphatic rings. The van der Waals surface area contributed by atoms with Gasteiger partial charge in [-0.1, -0.05) is 18.2 Å². The molecule has 0 atom stereocenters. The van der Waals surface area contributed by atoms with Crippen molar-refractivity contribution in [3.05, 3.63) is 48.0 Å². The number of aromatic nitrogens is 2. The van der Waals surface area contributed by atoms with Gasteiger partial charge in [0.2, 0.25) is 0 Å². The number of hydrogen-bond donors (Lipinski definition) is 1. The number of imidazole rings is 1. The van der Waals surface area contributed by atoms with Crippen LogP contribution in [0.15, 0.2) is 36.7 Å². The van der Waals surface area contributed by atoms with E-state index < -0.39 is 0 Å². The summed E-state index contributed by atoms with van der Waals surface area (Å²) in [5.74, 6) is 2.15. The lowest BCUT2D eigenvalue weighted by Crippen LogP contribution is -2.03. The second-order valence-electron chi connectivity index (χ2n) is 4.32. The molecule has 1 saturated carbocycles. The summed E-state index contributed by atoms with van der Waals surface area (Å²) >= 11 is 0. The van der Waals surface area contributed by atoms with Gasteiger partial charge in [0.1, 0.15) is 11.6 Å². The summed E-state index contributed by atoms with van der Waals surface area (Å²) in [5, 5.41) is 9.72. The third-order valence-corrected chi connectivity index (χ3v) is 3.02. The molecule has 3 heteroatoms. The van der Waals surface area contributed by atoms with Crippen LogP contribution in [0.2, 0.25) is 0 Å². The first-order valence-corrected chi connectivity index (χ1v) is 5.62. The number of phenolic OH excluding ortho intramolecular Hbond substituents is 1. The first-order valence-electron chi connectivity index (χ1n) is 5.62. The van der Waals surface area contributed by atoms with E-state index in [1.165, 1.54) is 12.8 Å². The van der Waals surface area contributed by atoms with Gasteiger partial charge in [-0.05, 0) is 18.9 Å². The molecule has 0 bridgehead atoms. The summed E-state index contributed by atoms with van der Waals surface area (Å²) in [6.45, 7) is 0.707. The molecule has 3 nitrogen and oxygen atoms in total. The van der Waals surface area contributed by atoms with Crippen molar-refractivity contribution in [2.75, 3.05) is 0 Å². The van der Waals surface area contributed by atoms with E-state index in [9.17, 15) is 5.11 Å². The Morgan fingerprint density at radius 3 is 2.88 bits per heavy atom. The van der Waals surface area contributed by atoms with E-state index in [1.807, 2.05) is 30.6 Å². The molecule has 16 heavy (non-hydrogen) atoms. The van der Waals surface area contributed by atoms with Crippen molar-refractivity contribution in [3.63, 3.8) is 0 Å². The quantitative estimate of drug-likeness (QED) is 0.852. The van der Waals surface area contributed by atoms with Gasteiger partial charge in [0.05, 0.1) is 6.54 Å². The fraction of sp³-hybridized carbons (Fsp3) is 0.308. The van der Waals surface area contributed by atoms with E-state index in [4.69, 9.17) is 0 Å². The van der Waals surface area contributed by atoms with Crippen molar-refractivity contribution in [3.8, 4) is 5.75 Å². The molecule has 2 aromatic rings. The second kappa shape index (κ2) is 3.67. The average molecular weight is 214 g/mol. The Morgan fingerprint density at radius 2 is 2.12 bits per heavy atom. The number of para-hydroxylation sites is 1. The fourth-order valence-corrected chi connectivity index (χ4v) is 1.98. The minimum Gasteiger partial charge on any atom is -0.508 e. The molecule has 1 aromatic heterocycles. The third-order valence-electron chi connectivity index (χ3n) is 3.02. The monoisotopic (exact) mass is 214 g/mol. The molecule has 1 N–H and O–H groups in total. The maximum atomic E-state index is 9.72. The van der Waals surface area contributed by atoms with E-state index in [2.05, 4.69) is 9.55 Å². The van der Waals surface area contributed by atoms with E-state index in [-0.39, 0.29) is 0 Å². The Morgan fingerprint density at radius 1 is 1.31 bits per heavy atom. The number of phenols is 1. The zero-order valence-corrected chi connectivity index (χ0v) is 9.00. The molecule has 1 heterocycles. The molecule has 0 saturated heterocycles. The van der Waals surface area contributed by atoms with Gasteiger partial charge < -0.3 is 9.67 Å². The van der Waals surface area contributed by atoms with Crippen molar-refractivity contribution in [2.24, 2.45) is 0 Å². The zero-order valence-electron chi connectivity index (χ0n) is 9.00. The predicted molar refractivity (Wildman–Crippen MR) is 61.4 cm³/mol. The topological polar surface area (TPSA) is 38.0 Å². The van der Waals surface area contributed by atoms with Gasteiger partial charge >= 0.3 is 0 Å². The highest BCUT2D eigenvalue weighted by Gasteiger charge is 2.27. The van der Waals surface area contributed by atoms with E-state index >= 15 is 0 Å². The van der Waals surface area contributed by atoms with Crippen LogP contribution in [0, 0.1) is 0 Å². The summed E-state index contributed by atoms with van der Waals surface area (Å²) in [6.07, 6.45) is 6.32. The Labute approximate surface area is 94.4 Å². The molecule has 1 aliphatic carbocycles. The van der Waals surface area contributed by atoms with E-state index in [1.54, 1.807) is 6.07 Å². The van der Waals surface area contributed by atoms with Crippen LogP contribution in [0.25, 0.3) is 0 Å².